The second-order valence-corrected chi connectivity index (χ2v) is 4.72. The number of aliphatic hydroxyl groups excluding tert-OH is 1. The number of rotatable bonds is 7. The predicted octanol–water partition coefficient (Wildman–Crippen LogP) is -0.529. The molecule has 0 unspecified atom stereocenters. The molecule has 8 heteroatoms. The Balaban J connectivity index is 4.49. The lowest BCUT2D eigenvalue weighted by molar-refractivity contribution is -0.137. The molecule has 0 aromatic rings. The molecule has 0 aliphatic rings. The number of ether oxygens (including phenoxy) is 1. The maximum absolute atomic E-state index is 11.4. The third kappa shape index (κ3) is 5.40. The summed E-state index contributed by atoms with van der Waals surface area (Å²) in [7, 11) is -4.18. The minimum absolute atomic E-state index is 0.105. The highest BCUT2D eigenvalue weighted by Crippen LogP contribution is 2.04. The smallest absolute Gasteiger partial charge is 0.385 e. The molecule has 0 radical (unpaired) electrons. The fourth-order valence-corrected chi connectivity index (χ4v) is 1.64. The van der Waals surface area contributed by atoms with Crippen LogP contribution in [0.2, 0.25) is 0 Å². The quantitative estimate of drug-likeness (QED) is 0.615. The molecule has 0 saturated heterocycles. The van der Waals surface area contributed by atoms with Gasteiger partial charge in [0.25, 0.3) is 0 Å². The molecule has 0 bridgehead atoms. The fourth-order valence-electron chi connectivity index (χ4n) is 0.743. The van der Waals surface area contributed by atoms with Crippen LogP contribution in [0.5, 0.6) is 0 Å². The van der Waals surface area contributed by atoms with E-state index in [-0.39, 0.29) is 19.4 Å². The minimum Gasteiger partial charge on any atom is -0.385 e. The van der Waals surface area contributed by atoms with Crippen LogP contribution in [0.25, 0.3) is 0 Å². The van der Waals surface area contributed by atoms with E-state index in [0.717, 1.165) is 4.31 Å². The topological polar surface area (TPSA) is 93.1 Å². The maximum atomic E-state index is 11.4. The molecule has 16 heavy (non-hydrogen) atoms. The van der Waals surface area contributed by atoms with Crippen LogP contribution < -0.4 is 0 Å². The summed E-state index contributed by atoms with van der Waals surface area (Å²) in [5.41, 5.74) is 0. The van der Waals surface area contributed by atoms with Crippen molar-refractivity contribution in [3.63, 3.8) is 0 Å². The first-order chi connectivity index (χ1) is 7.33. The summed E-state index contributed by atoms with van der Waals surface area (Å²) in [6.07, 6.45) is -0.141. The van der Waals surface area contributed by atoms with Gasteiger partial charge in [0.2, 0.25) is 0 Å². The number of nitrogens with zero attached hydrogens (tertiary/aromatic N) is 1. The van der Waals surface area contributed by atoms with Crippen molar-refractivity contribution in [1.29, 1.82) is 0 Å². The summed E-state index contributed by atoms with van der Waals surface area (Å²) in [6, 6.07) is 0. The average Bonchev–Trinajstić information content (AvgIpc) is 2.16. The molecule has 1 N–H and O–H groups in total. The first-order valence-electron chi connectivity index (χ1n) is 4.78. The Morgan fingerprint density at radius 2 is 2.00 bits per heavy atom. The Bertz CT molecular complexity index is 312. The third-order valence-corrected chi connectivity index (χ3v) is 2.94. The molecule has 0 atom stereocenters. The van der Waals surface area contributed by atoms with Crippen molar-refractivity contribution in [1.82, 2.24) is 4.31 Å². The SMILES string of the molecule is CCN(COC(C)C)S(=O)(=O)OC(=O)CO. The molecule has 0 rings (SSSR count). The normalized spacial score (nSPS) is 12.1. The van der Waals surface area contributed by atoms with Crippen molar-refractivity contribution in [2.75, 3.05) is 19.9 Å². The summed E-state index contributed by atoms with van der Waals surface area (Å²) >= 11 is 0. The second-order valence-electron chi connectivity index (χ2n) is 3.18. The zero-order chi connectivity index (χ0) is 12.8. The van der Waals surface area contributed by atoms with Crippen LogP contribution in [0.15, 0.2) is 0 Å². The van der Waals surface area contributed by atoms with Crippen molar-refractivity contribution < 1.29 is 27.2 Å². The summed E-state index contributed by atoms with van der Waals surface area (Å²) in [6.45, 7) is 4.00. The predicted molar refractivity (Wildman–Crippen MR) is 55.6 cm³/mol. The third-order valence-electron chi connectivity index (χ3n) is 1.55. The van der Waals surface area contributed by atoms with Gasteiger partial charge in [-0.05, 0) is 13.8 Å². The molecule has 0 aliphatic heterocycles. The van der Waals surface area contributed by atoms with Gasteiger partial charge < -0.3 is 14.0 Å². The van der Waals surface area contributed by atoms with E-state index in [2.05, 4.69) is 4.18 Å². The summed E-state index contributed by atoms with van der Waals surface area (Å²) in [5, 5.41) is 8.38. The van der Waals surface area contributed by atoms with Gasteiger partial charge in [-0.25, -0.2) is 4.79 Å². The van der Waals surface area contributed by atoms with Gasteiger partial charge in [0.1, 0.15) is 13.3 Å². The van der Waals surface area contributed by atoms with E-state index in [1.807, 2.05) is 0 Å². The van der Waals surface area contributed by atoms with E-state index < -0.39 is 22.9 Å². The molecule has 0 heterocycles. The van der Waals surface area contributed by atoms with Crippen LogP contribution in [-0.2, 0) is 24.0 Å². The molecular weight excluding hydrogens is 238 g/mol. The second kappa shape index (κ2) is 6.79. The molecule has 0 saturated carbocycles. The van der Waals surface area contributed by atoms with E-state index in [1.54, 1.807) is 20.8 Å². The fraction of sp³-hybridized carbons (Fsp3) is 0.875. The van der Waals surface area contributed by atoms with Gasteiger partial charge in [-0.15, -0.1) is 4.31 Å². The van der Waals surface area contributed by atoms with E-state index in [0.29, 0.717) is 0 Å². The van der Waals surface area contributed by atoms with E-state index in [4.69, 9.17) is 9.84 Å². The summed E-state index contributed by atoms with van der Waals surface area (Å²) in [5.74, 6) is -1.22. The van der Waals surface area contributed by atoms with Crippen LogP contribution in [0.4, 0.5) is 0 Å². The number of hydrogen-bond donors (Lipinski definition) is 1. The van der Waals surface area contributed by atoms with Gasteiger partial charge >= 0.3 is 16.3 Å². The first kappa shape index (κ1) is 15.3. The van der Waals surface area contributed by atoms with E-state index >= 15 is 0 Å². The number of carbonyl (C=O) groups excluding carboxylic acids is 1. The van der Waals surface area contributed by atoms with Crippen LogP contribution in [0.3, 0.4) is 0 Å². The molecule has 0 fully saturated rings. The first-order valence-corrected chi connectivity index (χ1v) is 6.14. The standard InChI is InChI=1S/C8H17NO6S/c1-4-9(6-14-7(2)3)16(12,13)15-8(11)5-10/h7,10H,4-6H2,1-3H3. The van der Waals surface area contributed by atoms with Crippen molar-refractivity contribution in [3.05, 3.63) is 0 Å². The monoisotopic (exact) mass is 255 g/mol. The molecule has 0 aromatic carbocycles. The number of aliphatic hydroxyl groups is 1. The Labute approximate surface area is 95.2 Å². The minimum atomic E-state index is -4.18. The molecular formula is C8H17NO6S. The van der Waals surface area contributed by atoms with Gasteiger partial charge in [-0.2, -0.15) is 8.42 Å². The lowest BCUT2D eigenvalue weighted by Gasteiger charge is -2.20. The van der Waals surface area contributed by atoms with Gasteiger partial charge in [0, 0.05) is 6.54 Å². The zero-order valence-corrected chi connectivity index (χ0v) is 10.4. The number of carbonyl (C=O) groups is 1. The van der Waals surface area contributed by atoms with Crippen molar-refractivity contribution in [3.8, 4) is 0 Å². The van der Waals surface area contributed by atoms with Crippen LogP contribution in [0, 0.1) is 0 Å². The average molecular weight is 255 g/mol. The number of hydrogen-bond acceptors (Lipinski definition) is 6. The molecule has 0 aliphatic carbocycles. The lowest BCUT2D eigenvalue weighted by atomic mass is 10.5. The van der Waals surface area contributed by atoms with Crippen LogP contribution >= 0.6 is 0 Å². The van der Waals surface area contributed by atoms with Crippen LogP contribution in [0.1, 0.15) is 20.8 Å². The Morgan fingerprint density at radius 1 is 1.44 bits per heavy atom. The van der Waals surface area contributed by atoms with E-state index in [1.165, 1.54) is 0 Å². The highest BCUT2D eigenvalue weighted by Gasteiger charge is 2.25. The van der Waals surface area contributed by atoms with Crippen molar-refractivity contribution >= 4 is 16.3 Å². The maximum Gasteiger partial charge on any atom is 0.389 e. The Hall–Kier alpha value is -0.700. The molecule has 0 amide bonds. The molecule has 7 nitrogen and oxygen atoms in total. The highest BCUT2D eigenvalue weighted by molar-refractivity contribution is 7.84. The molecule has 0 aromatic heterocycles. The van der Waals surface area contributed by atoms with Crippen LogP contribution in [-0.4, -0.2) is 49.8 Å². The molecule has 0 spiro atoms. The zero-order valence-electron chi connectivity index (χ0n) is 9.54. The van der Waals surface area contributed by atoms with Crippen molar-refractivity contribution in [2.24, 2.45) is 0 Å². The van der Waals surface area contributed by atoms with Crippen molar-refractivity contribution in [2.45, 2.75) is 26.9 Å². The highest BCUT2D eigenvalue weighted by atomic mass is 32.2. The van der Waals surface area contributed by atoms with Gasteiger partial charge in [0.05, 0.1) is 6.10 Å². The van der Waals surface area contributed by atoms with Gasteiger partial charge in [0.15, 0.2) is 0 Å². The largest absolute Gasteiger partial charge is 0.389 e. The lowest BCUT2D eigenvalue weighted by Crippen LogP contribution is -2.37. The Morgan fingerprint density at radius 3 is 2.38 bits per heavy atom. The van der Waals surface area contributed by atoms with Gasteiger partial charge in [-0.1, -0.05) is 6.92 Å². The van der Waals surface area contributed by atoms with E-state index in [9.17, 15) is 13.2 Å². The summed E-state index contributed by atoms with van der Waals surface area (Å²) in [4.78, 5) is 10.7. The van der Waals surface area contributed by atoms with Gasteiger partial charge in [-0.3, -0.25) is 0 Å². The summed E-state index contributed by atoms with van der Waals surface area (Å²) < 4.78 is 32.9. The molecule has 96 valence electrons. The Kier molecular flexibility index (Phi) is 6.49.